The predicted octanol–water partition coefficient (Wildman–Crippen LogP) is 4.78. The molecule has 0 atom stereocenters. The Kier molecular flexibility index (Phi) is 6.49. The number of halogens is 3. The Balaban J connectivity index is 1.46. The van der Waals surface area contributed by atoms with Gasteiger partial charge in [-0.2, -0.15) is 0 Å². The van der Waals surface area contributed by atoms with Crippen molar-refractivity contribution < 1.29 is 27.5 Å². The predicted molar refractivity (Wildman–Crippen MR) is 106 cm³/mol. The lowest BCUT2D eigenvalue weighted by Gasteiger charge is -2.31. The number of hydrogen-bond donors (Lipinski definition) is 2. The number of piperidine rings is 1. The smallest absolute Gasteiger partial charge is 0.406 e. The molecule has 1 heterocycles. The molecule has 2 aromatic rings. The second-order valence-electron chi connectivity index (χ2n) is 7.12. The monoisotopic (exact) mass is 421 g/mol. The van der Waals surface area contributed by atoms with Gasteiger partial charge in [0.25, 0.3) is 0 Å². The van der Waals surface area contributed by atoms with Crippen molar-refractivity contribution >= 4 is 23.3 Å². The second kappa shape index (κ2) is 9.06. The average molecular weight is 421 g/mol. The van der Waals surface area contributed by atoms with E-state index in [-0.39, 0.29) is 23.6 Å². The van der Waals surface area contributed by atoms with Crippen LogP contribution in [0.5, 0.6) is 5.75 Å². The van der Waals surface area contributed by atoms with Gasteiger partial charge in [-0.15, -0.1) is 13.2 Å². The summed E-state index contributed by atoms with van der Waals surface area (Å²) in [6, 6.07) is 12.1. The molecule has 0 saturated carbocycles. The summed E-state index contributed by atoms with van der Waals surface area (Å²) in [5, 5.41) is 5.53. The van der Waals surface area contributed by atoms with Gasteiger partial charge >= 0.3 is 12.4 Å². The third-order valence-corrected chi connectivity index (χ3v) is 4.81. The standard InChI is InChI=1S/C21H22F3N3O3/c1-14-2-4-16(5-3-14)25-19(28)15-10-12-27(13-11-15)20(29)26-17-6-8-18(9-7-17)30-21(22,23)24/h2-9,15H,10-13H2,1H3,(H,25,28)(H,26,29). The van der Waals surface area contributed by atoms with E-state index < -0.39 is 6.36 Å². The van der Waals surface area contributed by atoms with E-state index in [1.54, 1.807) is 4.90 Å². The Morgan fingerprint density at radius 1 is 0.933 bits per heavy atom. The molecule has 30 heavy (non-hydrogen) atoms. The van der Waals surface area contributed by atoms with E-state index >= 15 is 0 Å². The number of nitrogens with zero attached hydrogens (tertiary/aromatic N) is 1. The topological polar surface area (TPSA) is 70.7 Å². The quantitative estimate of drug-likeness (QED) is 0.747. The Hall–Kier alpha value is -3.23. The van der Waals surface area contributed by atoms with Gasteiger partial charge in [-0.1, -0.05) is 17.7 Å². The van der Waals surface area contributed by atoms with Gasteiger partial charge in [-0.3, -0.25) is 4.79 Å². The van der Waals surface area contributed by atoms with Crippen LogP contribution in [0, 0.1) is 12.8 Å². The first kappa shape index (κ1) is 21.5. The highest BCUT2D eigenvalue weighted by atomic mass is 19.4. The second-order valence-corrected chi connectivity index (χ2v) is 7.12. The lowest BCUT2D eigenvalue weighted by Crippen LogP contribution is -2.43. The number of alkyl halides is 3. The zero-order valence-corrected chi connectivity index (χ0v) is 16.3. The van der Waals surface area contributed by atoms with Gasteiger partial charge in [0.15, 0.2) is 0 Å². The summed E-state index contributed by atoms with van der Waals surface area (Å²) in [4.78, 5) is 26.4. The van der Waals surface area contributed by atoms with Crippen LogP contribution in [-0.4, -0.2) is 36.3 Å². The van der Waals surface area contributed by atoms with E-state index in [1.807, 2.05) is 31.2 Å². The van der Waals surface area contributed by atoms with Crippen molar-refractivity contribution in [1.82, 2.24) is 4.90 Å². The molecule has 6 nitrogen and oxygen atoms in total. The molecule has 1 saturated heterocycles. The molecule has 0 unspecified atom stereocenters. The van der Waals surface area contributed by atoms with Gasteiger partial charge in [0.2, 0.25) is 5.91 Å². The first-order chi connectivity index (χ1) is 14.2. The molecule has 1 aliphatic rings. The van der Waals surface area contributed by atoms with E-state index in [0.717, 1.165) is 23.4 Å². The van der Waals surface area contributed by atoms with Crippen LogP contribution in [0.25, 0.3) is 0 Å². The zero-order valence-electron chi connectivity index (χ0n) is 16.3. The van der Waals surface area contributed by atoms with Crippen molar-refractivity contribution in [3.63, 3.8) is 0 Å². The highest BCUT2D eigenvalue weighted by Crippen LogP contribution is 2.25. The Bertz CT molecular complexity index is 875. The minimum atomic E-state index is -4.76. The van der Waals surface area contributed by atoms with Crippen molar-refractivity contribution in [3.05, 3.63) is 54.1 Å². The Morgan fingerprint density at radius 3 is 2.03 bits per heavy atom. The molecular formula is C21H22F3N3O3. The van der Waals surface area contributed by atoms with E-state index in [1.165, 1.54) is 12.1 Å². The summed E-state index contributed by atoms with van der Waals surface area (Å²) in [6.07, 6.45) is -3.70. The van der Waals surface area contributed by atoms with Crippen LogP contribution in [0.1, 0.15) is 18.4 Å². The lowest BCUT2D eigenvalue weighted by molar-refractivity contribution is -0.274. The van der Waals surface area contributed by atoms with Gasteiger partial charge < -0.3 is 20.3 Å². The van der Waals surface area contributed by atoms with E-state index in [2.05, 4.69) is 15.4 Å². The SMILES string of the molecule is Cc1ccc(NC(=O)C2CCN(C(=O)Nc3ccc(OC(F)(F)F)cc3)CC2)cc1. The number of nitrogens with one attached hydrogen (secondary N) is 2. The first-order valence-electron chi connectivity index (χ1n) is 9.49. The molecule has 2 N–H and O–H groups in total. The van der Waals surface area contributed by atoms with Gasteiger partial charge in [0.05, 0.1) is 0 Å². The minimum absolute atomic E-state index is 0.0702. The zero-order chi connectivity index (χ0) is 21.7. The number of amides is 3. The van der Waals surface area contributed by atoms with Crippen LogP contribution in [0.4, 0.5) is 29.3 Å². The fourth-order valence-electron chi connectivity index (χ4n) is 3.17. The normalized spacial score (nSPS) is 14.9. The molecule has 0 bridgehead atoms. The number of urea groups is 1. The molecule has 0 aliphatic carbocycles. The Morgan fingerprint density at radius 2 is 1.47 bits per heavy atom. The van der Waals surface area contributed by atoms with Gasteiger partial charge in [-0.25, -0.2) is 4.79 Å². The summed E-state index contributed by atoms with van der Waals surface area (Å²) >= 11 is 0. The van der Waals surface area contributed by atoms with E-state index in [9.17, 15) is 22.8 Å². The van der Waals surface area contributed by atoms with Crippen LogP contribution in [0.2, 0.25) is 0 Å². The number of hydrogen-bond acceptors (Lipinski definition) is 3. The molecule has 0 radical (unpaired) electrons. The molecule has 1 aliphatic heterocycles. The van der Waals surface area contributed by atoms with Gasteiger partial charge in [-0.05, 0) is 56.2 Å². The first-order valence-corrected chi connectivity index (χ1v) is 9.49. The van der Waals surface area contributed by atoms with Crippen molar-refractivity contribution in [2.24, 2.45) is 5.92 Å². The summed E-state index contributed by atoms with van der Waals surface area (Å²) in [5.41, 5.74) is 2.20. The largest absolute Gasteiger partial charge is 0.573 e. The molecule has 3 amide bonds. The van der Waals surface area contributed by atoms with Crippen molar-refractivity contribution in [2.45, 2.75) is 26.1 Å². The van der Waals surface area contributed by atoms with E-state index in [0.29, 0.717) is 31.6 Å². The molecular weight excluding hydrogens is 399 g/mol. The van der Waals surface area contributed by atoms with Crippen molar-refractivity contribution in [3.8, 4) is 5.75 Å². The van der Waals surface area contributed by atoms with Crippen molar-refractivity contribution in [1.29, 1.82) is 0 Å². The highest BCUT2D eigenvalue weighted by Gasteiger charge is 2.31. The van der Waals surface area contributed by atoms with Crippen LogP contribution in [0.3, 0.4) is 0 Å². The van der Waals surface area contributed by atoms with Crippen LogP contribution in [0.15, 0.2) is 48.5 Å². The van der Waals surface area contributed by atoms with E-state index in [4.69, 9.17) is 0 Å². The number of rotatable bonds is 4. The van der Waals surface area contributed by atoms with Crippen molar-refractivity contribution in [2.75, 3.05) is 23.7 Å². The molecule has 160 valence electrons. The summed E-state index contributed by atoms with van der Waals surface area (Å²) in [7, 11) is 0. The number of benzene rings is 2. The third kappa shape index (κ3) is 6.13. The molecule has 1 fully saturated rings. The fraction of sp³-hybridized carbons (Fsp3) is 0.333. The maximum absolute atomic E-state index is 12.4. The third-order valence-electron chi connectivity index (χ3n) is 4.81. The number of carbonyl (C=O) groups excluding carboxylic acids is 2. The average Bonchev–Trinajstić information content (AvgIpc) is 2.70. The van der Waals surface area contributed by atoms with Gasteiger partial charge in [0, 0.05) is 30.4 Å². The molecule has 9 heteroatoms. The highest BCUT2D eigenvalue weighted by molar-refractivity contribution is 5.93. The summed E-state index contributed by atoms with van der Waals surface area (Å²) in [6.45, 7) is 2.79. The number of anilines is 2. The number of likely N-dealkylation sites (tertiary alicyclic amines) is 1. The number of ether oxygens (including phenoxy) is 1. The molecule has 2 aromatic carbocycles. The number of aryl methyl sites for hydroxylation is 1. The number of carbonyl (C=O) groups is 2. The van der Waals surface area contributed by atoms with Crippen LogP contribution < -0.4 is 15.4 Å². The Labute approximate surface area is 172 Å². The molecule has 0 aromatic heterocycles. The van der Waals surface area contributed by atoms with Gasteiger partial charge in [0.1, 0.15) is 5.75 Å². The fourth-order valence-corrected chi connectivity index (χ4v) is 3.17. The minimum Gasteiger partial charge on any atom is -0.406 e. The molecule has 0 spiro atoms. The maximum atomic E-state index is 12.4. The molecule has 3 rings (SSSR count). The summed E-state index contributed by atoms with van der Waals surface area (Å²) < 4.78 is 40.4. The van der Waals surface area contributed by atoms with Crippen LogP contribution in [-0.2, 0) is 4.79 Å². The lowest BCUT2D eigenvalue weighted by atomic mass is 9.96. The van der Waals surface area contributed by atoms with Crippen LogP contribution >= 0.6 is 0 Å². The maximum Gasteiger partial charge on any atom is 0.573 e. The summed E-state index contributed by atoms with van der Waals surface area (Å²) in [5.74, 6) is -0.616.